The fraction of sp³-hybridized carbons (Fsp3) is 0.429. The van der Waals surface area contributed by atoms with Gasteiger partial charge < -0.3 is 15.5 Å². The van der Waals surface area contributed by atoms with Gasteiger partial charge in [0.15, 0.2) is 0 Å². The minimum Gasteiger partial charge on any atom is -0.351 e. The second kappa shape index (κ2) is 8.86. The molecule has 0 unspecified atom stereocenters. The largest absolute Gasteiger partial charge is 0.351 e. The van der Waals surface area contributed by atoms with E-state index in [9.17, 15) is 4.79 Å². The number of amides is 1. The number of nitrogens with one attached hydrogen (secondary N) is 2. The Kier molecular flexibility index (Phi) is 6.04. The van der Waals surface area contributed by atoms with Crippen LogP contribution in [0.15, 0.2) is 36.4 Å². The van der Waals surface area contributed by atoms with Crippen molar-refractivity contribution in [1.82, 2.24) is 25.3 Å². The van der Waals surface area contributed by atoms with Crippen LogP contribution in [0.5, 0.6) is 0 Å². The van der Waals surface area contributed by atoms with Crippen LogP contribution in [-0.2, 0) is 6.54 Å². The van der Waals surface area contributed by atoms with Crippen LogP contribution in [0.25, 0.3) is 10.2 Å². The first-order chi connectivity index (χ1) is 13.7. The number of hydrogen-bond acceptors (Lipinski definition) is 5. The van der Waals surface area contributed by atoms with Gasteiger partial charge in [0.2, 0.25) is 0 Å². The van der Waals surface area contributed by atoms with Crippen molar-refractivity contribution in [2.45, 2.75) is 19.9 Å². The number of thiophene rings is 1. The molecule has 1 aliphatic rings. The smallest absolute Gasteiger partial charge is 0.261 e. The first kappa shape index (κ1) is 19.1. The molecular weight excluding hydrogens is 370 g/mol. The molecule has 1 aliphatic heterocycles. The minimum atomic E-state index is 0.0205. The fourth-order valence-electron chi connectivity index (χ4n) is 3.61. The van der Waals surface area contributed by atoms with Crippen molar-refractivity contribution in [1.29, 1.82) is 0 Å². The van der Waals surface area contributed by atoms with E-state index < -0.39 is 0 Å². The summed E-state index contributed by atoms with van der Waals surface area (Å²) in [5, 5.41) is 12.2. The zero-order valence-electron chi connectivity index (χ0n) is 16.3. The predicted molar refractivity (Wildman–Crippen MR) is 114 cm³/mol. The molecule has 3 aromatic rings. The number of rotatable bonds is 7. The molecule has 1 saturated heterocycles. The van der Waals surface area contributed by atoms with Crippen LogP contribution in [0.3, 0.4) is 0 Å². The van der Waals surface area contributed by atoms with E-state index in [2.05, 4.69) is 32.8 Å². The summed E-state index contributed by atoms with van der Waals surface area (Å²) in [5.41, 5.74) is 2.18. The van der Waals surface area contributed by atoms with Gasteiger partial charge in [-0.3, -0.25) is 9.48 Å². The molecule has 148 valence electrons. The van der Waals surface area contributed by atoms with E-state index in [1.165, 1.54) is 16.9 Å². The lowest BCUT2D eigenvalue weighted by Gasteiger charge is -2.27. The highest BCUT2D eigenvalue weighted by molar-refractivity contribution is 7.20. The molecule has 0 bridgehead atoms. The van der Waals surface area contributed by atoms with Crippen molar-refractivity contribution in [3.63, 3.8) is 0 Å². The van der Waals surface area contributed by atoms with Gasteiger partial charge in [-0.1, -0.05) is 30.3 Å². The number of carbonyl (C=O) groups excluding carboxylic acids is 1. The van der Waals surface area contributed by atoms with Gasteiger partial charge in [0.25, 0.3) is 5.91 Å². The summed E-state index contributed by atoms with van der Waals surface area (Å²) in [5.74, 6) is 0.0205. The lowest BCUT2D eigenvalue weighted by molar-refractivity contribution is 0.0955. The number of hydrogen-bond donors (Lipinski definition) is 2. The van der Waals surface area contributed by atoms with Crippen LogP contribution in [0.1, 0.15) is 27.3 Å². The zero-order chi connectivity index (χ0) is 19.3. The lowest BCUT2D eigenvalue weighted by atomic mass is 10.2. The van der Waals surface area contributed by atoms with E-state index >= 15 is 0 Å². The Morgan fingerprint density at radius 1 is 1.25 bits per heavy atom. The molecule has 2 N–H and O–H groups in total. The average Bonchev–Trinajstić information content (AvgIpc) is 3.28. The number of benzene rings is 1. The maximum atomic E-state index is 12.6. The van der Waals surface area contributed by atoms with Gasteiger partial charge in [0.1, 0.15) is 4.83 Å². The molecular formula is C21H27N5OS. The molecule has 0 radical (unpaired) electrons. The first-order valence-corrected chi connectivity index (χ1v) is 10.7. The number of fused-ring (bicyclic) bond motifs is 1. The molecule has 28 heavy (non-hydrogen) atoms. The van der Waals surface area contributed by atoms with Crippen LogP contribution in [0, 0.1) is 6.92 Å². The molecule has 3 heterocycles. The van der Waals surface area contributed by atoms with E-state index in [1.54, 1.807) is 0 Å². The Bertz CT molecular complexity index is 927. The van der Waals surface area contributed by atoms with Crippen molar-refractivity contribution < 1.29 is 4.79 Å². The second-order valence-corrected chi connectivity index (χ2v) is 8.29. The highest BCUT2D eigenvalue weighted by atomic mass is 32.1. The normalized spacial score (nSPS) is 15.2. The summed E-state index contributed by atoms with van der Waals surface area (Å²) < 4.78 is 2.01. The van der Waals surface area contributed by atoms with Crippen molar-refractivity contribution in [3.8, 4) is 0 Å². The molecule has 6 nitrogen and oxygen atoms in total. The molecule has 7 heteroatoms. The van der Waals surface area contributed by atoms with Gasteiger partial charge in [0, 0.05) is 38.1 Å². The highest BCUT2D eigenvalue weighted by Gasteiger charge is 2.16. The van der Waals surface area contributed by atoms with E-state index in [0.29, 0.717) is 6.54 Å². The topological polar surface area (TPSA) is 62.2 Å². The molecule has 1 fully saturated rings. The summed E-state index contributed by atoms with van der Waals surface area (Å²) >= 11 is 1.53. The predicted octanol–water partition coefficient (Wildman–Crippen LogP) is 2.48. The van der Waals surface area contributed by atoms with Gasteiger partial charge in [-0.25, -0.2) is 0 Å². The third kappa shape index (κ3) is 4.43. The standard InChI is InChI=1S/C21H27N5OS/c1-16-18-14-19(20(27)23-8-5-11-25-12-9-22-10-13-25)28-21(18)26(24-16)15-17-6-3-2-4-7-17/h2-4,6-7,14,22H,5,8-13,15H2,1H3,(H,23,27). The molecule has 0 saturated carbocycles. The minimum absolute atomic E-state index is 0.0205. The van der Waals surface area contributed by atoms with Crippen molar-refractivity contribution >= 4 is 27.5 Å². The molecule has 0 atom stereocenters. The second-order valence-electron chi connectivity index (χ2n) is 7.26. The summed E-state index contributed by atoms with van der Waals surface area (Å²) in [7, 11) is 0. The van der Waals surface area contributed by atoms with Crippen LogP contribution < -0.4 is 10.6 Å². The van der Waals surface area contributed by atoms with Crippen LogP contribution in [-0.4, -0.2) is 59.9 Å². The molecule has 2 aromatic heterocycles. The van der Waals surface area contributed by atoms with E-state index in [4.69, 9.17) is 0 Å². The van der Waals surface area contributed by atoms with E-state index in [0.717, 1.165) is 66.5 Å². The SMILES string of the molecule is Cc1nn(Cc2ccccc2)c2sc(C(=O)NCCCN3CCNCC3)cc12. The van der Waals surface area contributed by atoms with Crippen molar-refractivity contribution in [2.75, 3.05) is 39.3 Å². The maximum Gasteiger partial charge on any atom is 0.261 e. The van der Waals surface area contributed by atoms with E-state index in [-0.39, 0.29) is 5.91 Å². The lowest BCUT2D eigenvalue weighted by Crippen LogP contribution is -2.44. The monoisotopic (exact) mass is 397 g/mol. The van der Waals surface area contributed by atoms with Gasteiger partial charge in [0.05, 0.1) is 17.1 Å². The summed E-state index contributed by atoms with van der Waals surface area (Å²) in [6.07, 6.45) is 0.984. The van der Waals surface area contributed by atoms with Gasteiger partial charge in [-0.2, -0.15) is 5.10 Å². The van der Waals surface area contributed by atoms with Crippen molar-refractivity contribution in [3.05, 3.63) is 52.5 Å². The zero-order valence-corrected chi connectivity index (χ0v) is 17.1. The highest BCUT2D eigenvalue weighted by Crippen LogP contribution is 2.28. The molecule has 0 spiro atoms. The third-order valence-corrected chi connectivity index (χ3v) is 6.30. The van der Waals surface area contributed by atoms with Crippen LogP contribution in [0.2, 0.25) is 0 Å². The Morgan fingerprint density at radius 2 is 2.04 bits per heavy atom. The van der Waals surface area contributed by atoms with Crippen molar-refractivity contribution in [2.24, 2.45) is 0 Å². The Labute approximate surface area is 169 Å². The quantitative estimate of drug-likeness (QED) is 0.602. The summed E-state index contributed by atoms with van der Waals surface area (Å²) in [6.45, 7) is 8.80. The number of nitrogens with zero attached hydrogens (tertiary/aromatic N) is 3. The average molecular weight is 398 g/mol. The molecule has 0 aliphatic carbocycles. The molecule has 1 aromatic carbocycles. The Morgan fingerprint density at radius 3 is 2.82 bits per heavy atom. The number of aromatic nitrogens is 2. The van der Waals surface area contributed by atoms with Gasteiger partial charge in [-0.05, 0) is 31.5 Å². The number of aryl methyl sites for hydroxylation is 1. The van der Waals surface area contributed by atoms with Crippen LogP contribution >= 0.6 is 11.3 Å². The van der Waals surface area contributed by atoms with Gasteiger partial charge >= 0.3 is 0 Å². The third-order valence-electron chi connectivity index (χ3n) is 5.15. The molecule has 1 amide bonds. The summed E-state index contributed by atoms with van der Waals surface area (Å²) in [4.78, 5) is 16.9. The summed E-state index contributed by atoms with van der Waals surface area (Å²) in [6, 6.07) is 12.3. The Hall–Kier alpha value is -2.22. The maximum absolute atomic E-state index is 12.6. The van der Waals surface area contributed by atoms with Crippen LogP contribution in [0.4, 0.5) is 0 Å². The number of carbonyl (C=O) groups is 1. The molecule has 4 rings (SSSR count). The first-order valence-electron chi connectivity index (χ1n) is 9.93. The fourth-order valence-corrected chi connectivity index (χ4v) is 4.69. The van der Waals surface area contributed by atoms with Gasteiger partial charge in [-0.15, -0.1) is 11.3 Å². The Balaban J connectivity index is 1.37. The number of piperazine rings is 1. The van der Waals surface area contributed by atoms with E-state index in [1.807, 2.05) is 35.9 Å².